The molecule has 29 heavy (non-hydrogen) atoms. The van der Waals surface area contributed by atoms with Crippen LogP contribution in [0, 0.1) is 0 Å². The molecule has 2 N–H and O–H groups in total. The van der Waals surface area contributed by atoms with Crippen LogP contribution in [0.2, 0.25) is 0 Å². The van der Waals surface area contributed by atoms with Crippen molar-refractivity contribution < 1.29 is 135 Å². The summed E-state index contributed by atoms with van der Waals surface area (Å²) in [4.78, 5) is 54.5. The van der Waals surface area contributed by atoms with Crippen molar-refractivity contribution in [1.29, 1.82) is 0 Å². The minimum atomic E-state index is -6.00. The van der Waals surface area contributed by atoms with E-state index in [1.165, 1.54) is 17.2 Å². The smallest absolute Gasteiger partial charge is 0.790 e. The number of phosphoric acid groups is 2. The fraction of sp³-hybridized carbons (Fsp3) is 0.375. The third kappa shape index (κ3) is 11.4. The molecule has 2 heterocycles. The molecule has 0 aliphatic carbocycles. The van der Waals surface area contributed by atoms with Crippen molar-refractivity contribution in [2.45, 2.75) is 6.54 Å². The van der Waals surface area contributed by atoms with E-state index in [0.717, 1.165) is 0 Å². The molecule has 0 radical (unpaired) electrons. The number of hydrogen-bond acceptors (Lipinski definition) is 14. The molecule has 0 fully saturated rings. The molecule has 21 heteroatoms. The molecule has 2 atom stereocenters. The summed E-state index contributed by atoms with van der Waals surface area (Å²) < 4.78 is 45.5. The van der Waals surface area contributed by atoms with Crippen molar-refractivity contribution in [3.05, 3.63) is 12.7 Å². The second kappa shape index (κ2) is 13.5. The molecule has 2 unspecified atom stereocenters. The standard InChI is InChI=1S/C8H14N5O10P3.3Na/c9-7-6-8(11-3-10-7)13(4-12-6)1-2-21-5-24(14,15)22-26(19,20)23-25(16,17)18;;;/h3-4H,1-2,5H2,(H,14,15)(H,19,20)(H2,9,10,11)(H2,16,17,18);;;/q;3*+1/p-4. The van der Waals surface area contributed by atoms with Crippen LogP contribution in [-0.4, -0.2) is 32.5 Å². The van der Waals surface area contributed by atoms with Gasteiger partial charge in [-0.1, -0.05) is 0 Å². The first kappa shape index (κ1) is 32.9. The van der Waals surface area contributed by atoms with Gasteiger partial charge in [0.1, 0.15) is 18.2 Å². The number of nitrogens with two attached hydrogens (primary N) is 1. The van der Waals surface area contributed by atoms with Gasteiger partial charge in [-0.3, -0.25) is 13.2 Å². The number of anilines is 1. The number of rotatable bonds is 9. The number of ether oxygens (including phenoxy) is 1. The van der Waals surface area contributed by atoms with E-state index in [9.17, 15) is 33.3 Å². The largest absolute Gasteiger partial charge is 1.00 e. The van der Waals surface area contributed by atoms with Gasteiger partial charge in [-0.05, 0) is 0 Å². The van der Waals surface area contributed by atoms with Gasteiger partial charge in [0.15, 0.2) is 19.1 Å². The molecule has 0 saturated carbocycles. The van der Waals surface area contributed by atoms with Crippen molar-refractivity contribution in [2.75, 3.05) is 18.7 Å². The van der Waals surface area contributed by atoms with Crippen molar-refractivity contribution in [3.8, 4) is 0 Å². The zero-order valence-corrected chi connectivity index (χ0v) is 24.2. The van der Waals surface area contributed by atoms with Crippen LogP contribution < -0.4 is 114 Å². The minimum Gasteiger partial charge on any atom is -0.790 e. The van der Waals surface area contributed by atoms with E-state index in [2.05, 4.69) is 23.6 Å². The molecule has 2 aromatic rings. The van der Waals surface area contributed by atoms with Crippen molar-refractivity contribution in [3.63, 3.8) is 0 Å². The van der Waals surface area contributed by atoms with E-state index in [1.54, 1.807) is 0 Å². The Hall–Kier alpha value is 1.76. The number of imidazole rings is 1. The van der Waals surface area contributed by atoms with E-state index in [1.807, 2.05) is 0 Å². The van der Waals surface area contributed by atoms with Gasteiger partial charge in [-0.15, -0.1) is 0 Å². The summed E-state index contributed by atoms with van der Waals surface area (Å²) >= 11 is 0. The van der Waals surface area contributed by atoms with Crippen LogP contribution in [0.1, 0.15) is 0 Å². The van der Waals surface area contributed by atoms with Crippen LogP contribution in [0.3, 0.4) is 0 Å². The van der Waals surface area contributed by atoms with E-state index >= 15 is 0 Å². The maximum Gasteiger partial charge on any atom is 1.00 e. The quantitative estimate of drug-likeness (QED) is 0.192. The molecule has 2 rings (SSSR count). The fourth-order valence-electron chi connectivity index (χ4n) is 1.71. The Morgan fingerprint density at radius 3 is 2.21 bits per heavy atom. The number of fused-ring (bicyclic) bond motifs is 1. The third-order valence-corrected chi connectivity index (χ3v) is 6.47. The van der Waals surface area contributed by atoms with E-state index in [0.29, 0.717) is 11.2 Å². The predicted molar refractivity (Wildman–Crippen MR) is 75.5 cm³/mol. The summed E-state index contributed by atoms with van der Waals surface area (Å²) in [6.45, 7) is -0.175. The van der Waals surface area contributed by atoms with Crippen LogP contribution in [-0.2, 0) is 33.6 Å². The molecule has 0 bridgehead atoms. The first-order valence-electron chi connectivity index (χ1n) is 6.43. The molecular weight excluding hydrogens is 488 g/mol. The van der Waals surface area contributed by atoms with Crippen molar-refractivity contribution in [2.24, 2.45) is 0 Å². The van der Waals surface area contributed by atoms with Gasteiger partial charge in [-0.25, -0.2) is 15.0 Å². The maximum atomic E-state index is 11.4. The van der Waals surface area contributed by atoms with Gasteiger partial charge in [0.05, 0.1) is 20.8 Å². The molecule has 2 aromatic heterocycles. The van der Waals surface area contributed by atoms with Gasteiger partial charge in [0.2, 0.25) is 0 Å². The SMILES string of the molecule is Nc1ncnc2c1ncn2CCOCP(=O)([O-])OP(=O)([O-])OP(=O)([O-])[O-].[Na+].[Na+].[Na+]. The number of nitrogen functional groups attached to an aromatic ring is 1. The van der Waals surface area contributed by atoms with Crippen LogP contribution in [0.4, 0.5) is 5.82 Å². The van der Waals surface area contributed by atoms with E-state index in [4.69, 9.17) is 10.5 Å². The summed E-state index contributed by atoms with van der Waals surface area (Å²) in [5, 5.41) is 0. The van der Waals surface area contributed by atoms with Crippen LogP contribution in [0.15, 0.2) is 12.7 Å². The number of hydrogen-bond donors (Lipinski definition) is 1. The average molecular weight is 498 g/mol. The van der Waals surface area contributed by atoms with E-state index < -0.39 is 29.6 Å². The van der Waals surface area contributed by atoms with Gasteiger partial charge in [-0.2, -0.15) is 0 Å². The van der Waals surface area contributed by atoms with Gasteiger partial charge < -0.3 is 43.7 Å². The molecule has 0 spiro atoms. The summed E-state index contributed by atoms with van der Waals surface area (Å²) in [6.07, 6.45) is 1.33. The summed E-state index contributed by atoms with van der Waals surface area (Å²) in [5.41, 5.74) is 6.29. The Bertz CT molecular complexity index is 940. The van der Waals surface area contributed by atoms with Crippen molar-refractivity contribution in [1.82, 2.24) is 19.5 Å². The first-order valence-corrected chi connectivity index (χ1v) is 11.1. The Balaban J connectivity index is 0. The second-order valence-electron chi connectivity index (χ2n) is 4.58. The van der Waals surface area contributed by atoms with Crippen molar-refractivity contribution >= 4 is 40.2 Å². The first-order chi connectivity index (χ1) is 11.9. The molecule has 0 aliphatic rings. The van der Waals surface area contributed by atoms with Gasteiger partial charge in [0.25, 0.3) is 7.82 Å². The Morgan fingerprint density at radius 1 is 1.00 bits per heavy atom. The second-order valence-corrected chi connectivity index (χ2v) is 9.15. The van der Waals surface area contributed by atoms with Crippen LogP contribution in [0.5, 0.6) is 0 Å². The average Bonchev–Trinajstić information content (AvgIpc) is 2.84. The molecule has 0 aliphatic heterocycles. The van der Waals surface area contributed by atoms with Crippen LogP contribution in [0.25, 0.3) is 11.2 Å². The third-order valence-electron chi connectivity index (χ3n) is 2.58. The van der Waals surface area contributed by atoms with E-state index in [-0.39, 0.29) is 108 Å². The summed E-state index contributed by atoms with van der Waals surface area (Å²) in [5.74, 6) is 0.146. The summed E-state index contributed by atoms with van der Waals surface area (Å²) in [7, 11) is -17.1. The summed E-state index contributed by atoms with van der Waals surface area (Å²) in [6, 6.07) is 0. The Labute approximate surface area is 230 Å². The molecule has 146 valence electrons. The molecule has 15 nitrogen and oxygen atoms in total. The molecule has 0 saturated heterocycles. The zero-order valence-electron chi connectivity index (χ0n) is 15.6. The maximum absolute atomic E-state index is 11.4. The molecular formula is C8H10N5Na3O10P3-. The zero-order chi connectivity index (χ0) is 19.6. The fourth-order valence-corrected chi connectivity index (χ4v) is 4.84. The normalized spacial score (nSPS) is 15.3. The topological polar surface area (TPSA) is 241 Å². The predicted octanol–water partition coefficient (Wildman–Crippen LogP) is -11.7. The number of nitrogens with zero attached hydrogens (tertiary/aromatic N) is 4. The van der Waals surface area contributed by atoms with Gasteiger partial charge >= 0.3 is 88.7 Å². The minimum absolute atomic E-state index is 0. The monoisotopic (exact) mass is 498 g/mol. The number of aromatic nitrogens is 4. The Morgan fingerprint density at radius 2 is 1.62 bits per heavy atom. The Kier molecular flexibility index (Phi) is 15.3. The molecule has 0 amide bonds. The van der Waals surface area contributed by atoms with Gasteiger partial charge in [0, 0.05) is 6.54 Å². The molecule has 0 aromatic carbocycles. The van der Waals surface area contributed by atoms with Crippen LogP contribution >= 0.6 is 23.2 Å².